The third kappa shape index (κ3) is 1.12. The Balaban J connectivity index is 2.11. The predicted molar refractivity (Wildman–Crippen MR) is 56.4 cm³/mol. The fraction of sp³-hybridized carbons (Fsp3) is 0.727. The van der Waals surface area contributed by atoms with Gasteiger partial charge in [-0.15, -0.1) is 0 Å². The highest BCUT2D eigenvalue weighted by molar-refractivity contribution is 5.41. The number of rotatable bonds is 2. The van der Waals surface area contributed by atoms with E-state index in [1.54, 1.807) is 0 Å². The molecule has 0 spiro atoms. The van der Waals surface area contributed by atoms with Gasteiger partial charge in [0, 0.05) is 23.7 Å². The summed E-state index contributed by atoms with van der Waals surface area (Å²) >= 11 is 0. The molecule has 1 fully saturated rings. The largest absolute Gasteiger partial charge is 0.383 e. The predicted octanol–water partition coefficient (Wildman–Crippen LogP) is 0.626. The van der Waals surface area contributed by atoms with Crippen LogP contribution in [0.3, 0.4) is 0 Å². The van der Waals surface area contributed by atoms with E-state index >= 15 is 0 Å². The first-order valence-electron chi connectivity index (χ1n) is 5.67. The Hall–Kier alpha value is -0.870. The molecular formula is C11H17N3O. The quantitative estimate of drug-likeness (QED) is 0.665. The normalized spacial score (nSPS) is 34.5. The lowest BCUT2D eigenvalue weighted by Gasteiger charge is -2.27. The van der Waals surface area contributed by atoms with Gasteiger partial charge in [0.25, 0.3) is 0 Å². The van der Waals surface area contributed by atoms with E-state index in [9.17, 15) is 5.11 Å². The van der Waals surface area contributed by atoms with Crippen molar-refractivity contribution in [2.45, 2.75) is 37.7 Å². The van der Waals surface area contributed by atoms with Crippen molar-refractivity contribution >= 4 is 0 Å². The second-order valence-electron chi connectivity index (χ2n) is 4.97. The van der Waals surface area contributed by atoms with Crippen molar-refractivity contribution in [3.63, 3.8) is 0 Å². The molecule has 1 aromatic heterocycles. The summed E-state index contributed by atoms with van der Waals surface area (Å²) in [5.74, 6) is 0.762. The fourth-order valence-electron chi connectivity index (χ4n) is 2.70. The number of hydrogen-bond acceptors (Lipinski definition) is 3. The SMILES string of the molecule is CC1Cc2[nH]nc(C3CC3)c2C1(O)CN. The minimum Gasteiger partial charge on any atom is -0.383 e. The van der Waals surface area contributed by atoms with Gasteiger partial charge in [-0.1, -0.05) is 6.92 Å². The molecule has 1 heterocycles. The van der Waals surface area contributed by atoms with E-state index in [0.717, 1.165) is 23.4 Å². The molecule has 1 saturated carbocycles. The first kappa shape index (κ1) is 9.36. The number of fused-ring (bicyclic) bond motifs is 1. The molecule has 1 aromatic rings. The minimum atomic E-state index is -0.847. The van der Waals surface area contributed by atoms with Gasteiger partial charge in [0.2, 0.25) is 0 Å². The van der Waals surface area contributed by atoms with Gasteiger partial charge >= 0.3 is 0 Å². The van der Waals surface area contributed by atoms with Crippen molar-refractivity contribution in [1.29, 1.82) is 0 Å². The highest BCUT2D eigenvalue weighted by atomic mass is 16.3. The summed E-state index contributed by atoms with van der Waals surface area (Å²) in [5.41, 5.74) is 8.06. The lowest BCUT2D eigenvalue weighted by atomic mass is 9.87. The maximum Gasteiger partial charge on any atom is 0.108 e. The molecule has 0 bridgehead atoms. The lowest BCUT2D eigenvalue weighted by Crippen LogP contribution is -2.38. The maximum absolute atomic E-state index is 10.6. The van der Waals surface area contributed by atoms with Crippen molar-refractivity contribution in [2.24, 2.45) is 11.7 Å². The second-order valence-corrected chi connectivity index (χ2v) is 4.97. The van der Waals surface area contributed by atoms with Crippen LogP contribution in [0.15, 0.2) is 0 Å². The number of aliphatic hydroxyl groups is 1. The van der Waals surface area contributed by atoms with Crippen molar-refractivity contribution in [3.8, 4) is 0 Å². The molecule has 0 aliphatic heterocycles. The van der Waals surface area contributed by atoms with Crippen LogP contribution in [0.2, 0.25) is 0 Å². The van der Waals surface area contributed by atoms with E-state index in [0.29, 0.717) is 12.5 Å². The van der Waals surface area contributed by atoms with Crippen LogP contribution in [0, 0.1) is 5.92 Å². The molecule has 0 radical (unpaired) electrons. The molecule has 2 atom stereocenters. The Kier molecular flexibility index (Phi) is 1.77. The number of H-pyrrole nitrogens is 1. The smallest absolute Gasteiger partial charge is 0.108 e. The summed E-state index contributed by atoms with van der Waals surface area (Å²) in [6.45, 7) is 2.35. The van der Waals surface area contributed by atoms with Crippen LogP contribution in [0.4, 0.5) is 0 Å². The highest BCUT2D eigenvalue weighted by Gasteiger charge is 2.47. The van der Waals surface area contributed by atoms with E-state index in [2.05, 4.69) is 17.1 Å². The van der Waals surface area contributed by atoms with E-state index in [1.165, 1.54) is 12.8 Å². The zero-order valence-electron chi connectivity index (χ0n) is 8.95. The Labute approximate surface area is 88.9 Å². The molecule has 4 heteroatoms. The first-order valence-corrected chi connectivity index (χ1v) is 5.67. The topological polar surface area (TPSA) is 74.9 Å². The number of nitrogens with two attached hydrogens (primary N) is 1. The summed E-state index contributed by atoms with van der Waals surface area (Å²) in [4.78, 5) is 0. The number of aromatic nitrogens is 2. The molecule has 4 nitrogen and oxygen atoms in total. The van der Waals surface area contributed by atoms with Crippen molar-refractivity contribution in [2.75, 3.05) is 6.54 Å². The molecule has 2 aliphatic carbocycles. The summed E-state index contributed by atoms with van der Waals surface area (Å²) < 4.78 is 0. The van der Waals surface area contributed by atoms with Gasteiger partial charge in [0.05, 0.1) is 5.69 Å². The third-order valence-electron chi connectivity index (χ3n) is 3.90. The number of nitrogens with zero attached hydrogens (tertiary/aromatic N) is 1. The fourth-order valence-corrected chi connectivity index (χ4v) is 2.70. The van der Waals surface area contributed by atoms with Gasteiger partial charge in [-0.3, -0.25) is 5.10 Å². The summed E-state index contributed by atoms with van der Waals surface area (Å²) in [7, 11) is 0. The molecule has 0 amide bonds. The third-order valence-corrected chi connectivity index (χ3v) is 3.90. The van der Waals surface area contributed by atoms with E-state index in [4.69, 9.17) is 5.73 Å². The molecule has 2 aliphatic rings. The van der Waals surface area contributed by atoms with Gasteiger partial charge in [0.1, 0.15) is 5.60 Å². The molecule has 2 unspecified atom stereocenters. The van der Waals surface area contributed by atoms with Crippen LogP contribution in [0.1, 0.15) is 42.6 Å². The van der Waals surface area contributed by atoms with E-state index < -0.39 is 5.60 Å². The molecule has 4 N–H and O–H groups in total. The zero-order valence-corrected chi connectivity index (χ0v) is 8.95. The van der Waals surface area contributed by atoms with Crippen molar-refractivity contribution in [1.82, 2.24) is 10.2 Å². The number of aromatic amines is 1. The average Bonchev–Trinajstić information content (AvgIpc) is 2.94. The summed E-state index contributed by atoms with van der Waals surface area (Å²) in [5, 5.41) is 18.0. The summed E-state index contributed by atoms with van der Waals surface area (Å²) in [6, 6.07) is 0. The van der Waals surface area contributed by atoms with Gasteiger partial charge in [-0.25, -0.2) is 0 Å². The maximum atomic E-state index is 10.6. The second kappa shape index (κ2) is 2.83. The van der Waals surface area contributed by atoms with Gasteiger partial charge in [-0.2, -0.15) is 5.10 Å². The Morgan fingerprint density at radius 1 is 1.60 bits per heavy atom. The van der Waals surface area contributed by atoms with E-state index in [1.807, 2.05) is 0 Å². The van der Waals surface area contributed by atoms with Crippen LogP contribution in [0.5, 0.6) is 0 Å². The number of hydrogen-bond donors (Lipinski definition) is 3. The number of nitrogens with one attached hydrogen (secondary N) is 1. The van der Waals surface area contributed by atoms with Crippen molar-refractivity contribution < 1.29 is 5.11 Å². The van der Waals surface area contributed by atoms with Crippen LogP contribution < -0.4 is 5.73 Å². The standard InChI is InChI=1S/C11H17N3O/c1-6-4-8-9(11(6,15)5-12)10(14-13-8)7-2-3-7/h6-7,15H,2-5,12H2,1H3,(H,13,14). The molecule has 82 valence electrons. The highest BCUT2D eigenvalue weighted by Crippen LogP contribution is 2.49. The molecular weight excluding hydrogens is 190 g/mol. The molecule has 15 heavy (non-hydrogen) atoms. The average molecular weight is 207 g/mol. The first-order chi connectivity index (χ1) is 7.16. The van der Waals surface area contributed by atoms with Crippen LogP contribution in [-0.4, -0.2) is 21.8 Å². The molecule has 3 rings (SSSR count). The zero-order chi connectivity index (χ0) is 10.6. The van der Waals surface area contributed by atoms with Crippen molar-refractivity contribution in [3.05, 3.63) is 17.0 Å². The Morgan fingerprint density at radius 3 is 2.93 bits per heavy atom. The Bertz CT molecular complexity index is 397. The summed E-state index contributed by atoms with van der Waals surface area (Å²) in [6.07, 6.45) is 3.27. The van der Waals surface area contributed by atoms with Crippen LogP contribution >= 0.6 is 0 Å². The monoisotopic (exact) mass is 207 g/mol. The molecule has 0 saturated heterocycles. The van der Waals surface area contributed by atoms with Crippen LogP contribution in [-0.2, 0) is 12.0 Å². The van der Waals surface area contributed by atoms with Gasteiger partial charge in [0.15, 0.2) is 0 Å². The molecule has 0 aromatic carbocycles. The van der Waals surface area contributed by atoms with Gasteiger partial charge in [-0.05, 0) is 25.2 Å². The Morgan fingerprint density at radius 2 is 2.33 bits per heavy atom. The van der Waals surface area contributed by atoms with Crippen LogP contribution in [0.25, 0.3) is 0 Å². The van der Waals surface area contributed by atoms with Gasteiger partial charge < -0.3 is 10.8 Å². The minimum absolute atomic E-state index is 0.198. The lowest BCUT2D eigenvalue weighted by molar-refractivity contribution is 0.00391. The van der Waals surface area contributed by atoms with E-state index in [-0.39, 0.29) is 5.92 Å².